The van der Waals surface area contributed by atoms with E-state index in [-0.39, 0.29) is 11.6 Å². The number of non-ortho nitro benzene ring substituents is 1. The van der Waals surface area contributed by atoms with Gasteiger partial charge in [-0.2, -0.15) is 0 Å². The van der Waals surface area contributed by atoms with Gasteiger partial charge in [0.05, 0.1) is 22.3 Å². The molecule has 32 heavy (non-hydrogen) atoms. The standard InChI is InChI=1S/C23H16ClN3O5/c24-15-8-12-17(13-9-15)26-20(14-6-10-18(11-7-14)27(30)31)19-21(32-26)23(29)25(22(19)28)16-4-2-1-3-5-16/h1-13,19-21H. The van der Waals surface area contributed by atoms with Gasteiger partial charge in [-0.1, -0.05) is 41.9 Å². The second-order valence-corrected chi connectivity index (χ2v) is 7.93. The average molecular weight is 450 g/mol. The number of anilines is 2. The van der Waals surface area contributed by atoms with Gasteiger partial charge in [-0.05, 0) is 42.0 Å². The molecular formula is C23H16ClN3O5. The molecule has 0 aromatic heterocycles. The van der Waals surface area contributed by atoms with Crippen molar-refractivity contribution in [1.82, 2.24) is 0 Å². The maximum absolute atomic E-state index is 13.5. The number of rotatable bonds is 4. The molecule has 2 fully saturated rings. The number of nitro groups is 1. The summed E-state index contributed by atoms with van der Waals surface area (Å²) in [6.07, 6.45) is -1.02. The predicted molar refractivity (Wildman–Crippen MR) is 117 cm³/mol. The van der Waals surface area contributed by atoms with E-state index in [9.17, 15) is 19.7 Å². The molecule has 0 aliphatic carbocycles. The number of carbonyl (C=O) groups is 2. The molecule has 0 N–H and O–H groups in total. The molecule has 9 heteroatoms. The minimum Gasteiger partial charge on any atom is -0.273 e. The molecule has 2 saturated heterocycles. The van der Waals surface area contributed by atoms with Crippen molar-refractivity contribution in [2.45, 2.75) is 12.1 Å². The summed E-state index contributed by atoms with van der Waals surface area (Å²) in [5.74, 6) is -1.65. The van der Waals surface area contributed by atoms with E-state index in [1.807, 2.05) is 0 Å². The number of nitrogens with zero attached hydrogens (tertiary/aromatic N) is 3. The van der Waals surface area contributed by atoms with Crippen LogP contribution in [0.15, 0.2) is 78.9 Å². The molecule has 3 atom stereocenters. The second-order valence-electron chi connectivity index (χ2n) is 7.49. The Morgan fingerprint density at radius 1 is 0.844 bits per heavy atom. The first-order chi connectivity index (χ1) is 15.5. The Hall–Kier alpha value is -3.75. The number of amides is 2. The normalized spacial score (nSPS) is 22.3. The van der Waals surface area contributed by atoms with Crippen molar-refractivity contribution >= 4 is 40.5 Å². The molecule has 2 amide bonds. The Morgan fingerprint density at radius 2 is 1.50 bits per heavy atom. The number of hydrogen-bond donors (Lipinski definition) is 0. The molecule has 8 nitrogen and oxygen atoms in total. The van der Waals surface area contributed by atoms with Gasteiger partial charge in [0.2, 0.25) is 5.91 Å². The summed E-state index contributed by atoms with van der Waals surface area (Å²) in [5, 5.41) is 13.1. The van der Waals surface area contributed by atoms with Gasteiger partial charge in [-0.15, -0.1) is 0 Å². The number of nitro benzene ring substituents is 1. The first kappa shape index (κ1) is 20.2. The SMILES string of the molecule is O=C1C2ON(c3ccc(Cl)cc3)C(c3ccc([N+](=O)[O-])cc3)C2C(=O)N1c1ccccc1. The quantitative estimate of drug-likeness (QED) is 0.335. The Morgan fingerprint density at radius 3 is 2.12 bits per heavy atom. The molecule has 5 rings (SSSR count). The zero-order chi connectivity index (χ0) is 22.4. The van der Waals surface area contributed by atoms with Crippen LogP contribution < -0.4 is 9.96 Å². The Balaban J connectivity index is 1.58. The van der Waals surface area contributed by atoms with Gasteiger partial charge < -0.3 is 0 Å². The average Bonchev–Trinajstić information content (AvgIpc) is 3.31. The molecule has 3 aromatic rings. The van der Waals surface area contributed by atoms with E-state index < -0.39 is 28.9 Å². The number of benzene rings is 3. The Kier molecular flexibility index (Phi) is 4.88. The van der Waals surface area contributed by atoms with Crippen LogP contribution in [0.3, 0.4) is 0 Å². The van der Waals surface area contributed by atoms with E-state index in [1.165, 1.54) is 17.2 Å². The third-order valence-corrected chi connectivity index (χ3v) is 5.91. The minimum absolute atomic E-state index is 0.0676. The smallest absolute Gasteiger partial charge is 0.269 e. The van der Waals surface area contributed by atoms with Crippen LogP contribution >= 0.6 is 11.6 Å². The third kappa shape index (κ3) is 3.21. The van der Waals surface area contributed by atoms with E-state index in [2.05, 4.69) is 0 Å². The third-order valence-electron chi connectivity index (χ3n) is 5.66. The largest absolute Gasteiger partial charge is 0.273 e. The molecule has 0 radical (unpaired) electrons. The summed E-state index contributed by atoms with van der Waals surface area (Å²) in [4.78, 5) is 44.4. The van der Waals surface area contributed by atoms with Crippen molar-refractivity contribution < 1.29 is 19.3 Å². The van der Waals surface area contributed by atoms with E-state index >= 15 is 0 Å². The molecule has 2 aliphatic rings. The van der Waals surface area contributed by atoms with Gasteiger partial charge >= 0.3 is 0 Å². The summed E-state index contributed by atoms with van der Waals surface area (Å²) in [7, 11) is 0. The maximum atomic E-state index is 13.5. The van der Waals surface area contributed by atoms with Crippen LogP contribution in [0.4, 0.5) is 17.1 Å². The van der Waals surface area contributed by atoms with Crippen molar-refractivity contribution in [3.8, 4) is 0 Å². The highest BCUT2D eigenvalue weighted by molar-refractivity contribution is 6.30. The number of hydrogen-bond acceptors (Lipinski definition) is 6. The number of imide groups is 1. The van der Waals surface area contributed by atoms with Gasteiger partial charge in [0.15, 0.2) is 6.10 Å². The van der Waals surface area contributed by atoms with Crippen LogP contribution in [-0.2, 0) is 14.4 Å². The van der Waals surface area contributed by atoms with E-state index in [0.717, 1.165) is 4.90 Å². The summed E-state index contributed by atoms with van der Waals surface area (Å²) in [5.41, 5.74) is 1.64. The molecule has 3 unspecified atom stereocenters. The second kappa shape index (κ2) is 7.74. The Labute approximate surface area is 187 Å². The molecule has 160 valence electrons. The topological polar surface area (TPSA) is 93.0 Å². The van der Waals surface area contributed by atoms with Crippen molar-refractivity contribution in [3.05, 3.63) is 99.6 Å². The van der Waals surface area contributed by atoms with Crippen LogP contribution in [0.25, 0.3) is 0 Å². The zero-order valence-electron chi connectivity index (χ0n) is 16.5. The predicted octanol–water partition coefficient (Wildman–Crippen LogP) is 4.30. The van der Waals surface area contributed by atoms with Gasteiger partial charge in [0.25, 0.3) is 11.6 Å². The lowest BCUT2D eigenvalue weighted by molar-refractivity contribution is -0.384. The monoisotopic (exact) mass is 449 g/mol. The first-order valence-corrected chi connectivity index (χ1v) is 10.2. The Bertz CT molecular complexity index is 1200. The van der Waals surface area contributed by atoms with Gasteiger partial charge in [-0.3, -0.25) is 24.5 Å². The number of halogens is 1. The fourth-order valence-electron chi connectivity index (χ4n) is 4.19. The van der Waals surface area contributed by atoms with Crippen molar-refractivity contribution in [2.75, 3.05) is 9.96 Å². The van der Waals surface area contributed by atoms with Crippen molar-refractivity contribution in [3.63, 3.8) is 0 Å². The molecule has 0 bridgehead atoms. The summed E-state index contributed by atoms with van der Waals surface area (Å²) < 4.78 is 0. The number of para-hydroxylation sites is 1. The lowest BCUT2D eigenvalue weighted by Gasteiger charge is -2.28. The van der Waals surface area contributed by atoms with Gasteiger partial charge in [0, 0.05) is 17.2 Å². The van der Waals surface area contributed by atoms with Crippen LogP contribution in [-0.4, -0.2) is 22.8 Å². The van der Waals surface area contributed by atoms with Gasteiger partial charge in [0.1, 0.15) is 5.92 Å². The fraction of sp³-hybridized carbons (Fsp3) is 0.130. The van der Waals surface area contributed by atoms with Crippen molar-refractivity contribution in [1.29, 1.82) is 0 Å². The lowest BCUT2D eigenvalue weighted by atomic mass is 9.90. The maximum Gasteiger partial charge on any atom is 0.269 e. The van der Waals surface area contributed by atoms with E-state index in [4.69, 9.17) is 16.4 Å². The molecule has 0 saturated carbocycles. The lowest BCUT2D eigenvalue weighted by Crippen LogP contribution is -2.37. The van der Waals surface area contributed by atoms with Crippen LogP contribution in [0.1, 0.15) is 11.6 Å². The molecular weight excluding hydrogens is 434 g/mol. The highest BCUT2D eigenvalue weighted by Gasteiger charge is 2.60. The summed E-state index contributed by atoms with van der Waals surface area (Å²) in [6.45, 7) is 0. The molecule has 2 heterocycles. The minimum atomic E-state index is -1.02. The van der Waals surface area contributed by atoms with Crippen LogP contribution in [0, 0.1) is 16.0 Å². The van der Waals surface area contributed by atoms with Crippen LogP contribution in [0.5, 0.6) is 0 Å². The number of carbonyl (C=O) groups excluding carboxylic acids is 2. The number of fused-ring (bicyclic) bond motifs is 1. The number of hydroxylamine groups is 1. The summed E-state index contributed by atoms with van der Waals surface area (Å²) in [6, 6.07) is 20.7. The summed E-state index contributed by atoms with van der Waals surface area (Å²) >= 11 is 6.01. The highest BCUT2D eigenvalue weighted by atomic mass is 35.5. The zero-order valence-corrected chi connectivity index (χ0v) is 17.3. The highest BCUT2D eigenvalue weighted by Crippen LogP contribution is 2.47. The molecule has 3 aromatic carbocycles. The van der Waals surface area contributed by atoms with Gasteiger partial charge in [-0.25, -0.2) is 9.96 Å². The first-order valence-electron chi connectivity index (χ1n) is 9.84. The van der Waals surface area contributed by atoms with E-state index in [1.54, 1.807) is 66.7 Å². The molecule has 0 spiro atoms. The fourth-order valence-corrected chi connectivity index (χ4v) is 4.32. The van der Waals surface area contributed by atoms with Crippen LogP contribution in [0.2, 0.25) is 5.02 Å². The van der Waals surface area contributed by atoms with E-state index in [0.29, 0.717) is 22.0 Å². The van der Waals surface area contributed by atoms with Crippen molar-refractivity contribution in [2.24, 2.45) is 5.92 Å². The molecule has 2 aliphatic heterocycles.